The van der Waals surface area contributed by atoms with E-state index < -0.39 is 66.7 Å². The second-order valence-electron chi connectivity index (χ2n) is 15.2. The van der Waals surface area contributed by atoms with Gasteiger partial charge >= 0.3 is 0 Å². The van der Waals surface area contributed by atoms with Crippen molar-refractivity contribution in [3.05, 3.63) is 59.7 Å². The first kappa shape index (κ1) is 31.9. The third-order valence-corrected chi connectivity index (χ3v) is 20.9. The molecule has 10 aliphatic heterocycles. The molecule has 12 nitrogen and oxygen atoms in total. The Bertz CT molecular complexity index is 1870. The normalized spacial score (nSPS) is 44.4. The number of aliphatic hydroxyl groups is 2. The predicted molar refractivity (Wildman–Crippen MR) is 193 cm³/mol. The van der Waals surface area contributed by atoms with Crippen molar-refractivity contribution in [2.75, 3.05) is 24.7 Å². The van der Waals surface area contributed by atoms with Crippen LogP contribution < -0.4 is 10.6 Å². The summed E-state index contributed by atoms with van der Waals surface area (Å²) in [5.41, 5.74) is -0.799. The molecule has 262 valence electrons. The van der Waals surface area contributed by atoms with Crippen LogP contribution in [0.2, 0.25) is 0 Å². The summed E-state index contributed by atoms with van der Waals surface area (Å²) in [5, 5.41) is 34.2. The van der Waals surface area contributed by atoms with Crippen molar-refractivity contribution < 1.29 is 29.4 Å². The van der Waals surface area contributed by atoms with E-state index in [-0.39, 0.29) is 23.7 Å². The van der Waals surface area contributed by atoms with Gasteiger partial charge in [-0.1, -0.05) is 85.7 Å². The first-order chi connectivity index (χ1) is 23.7. The number of nitrogens with zero attached hydrogens (tertiary/aromatic N) is 4. The molecular weight excluding hydrogens is 717 g/mol. The highest BCUT2D eigenvalue weighted by Crippen LogP contribution is 2.79. The second kappa shape index (κ2) is 9.23. The van der Waals surface area contributed by atoms with Gasteiger partial charge in [0.1, 0.15) is 24.5 Å². The standard InChI is InChI=1S/C34H36N6O6S4/c1-15(2)31-27(45)39-23-29(17-11-7-9-13-19(17)35-23,21(41)33(39,49-47-31)25(43)37(31)5)30-18-12-8-10-14-20(18)36-24(30)40-28(46)32(16(3)4)38(6)26(44)34(40,22(30)42)50-48-32/h7-16,21-24,35-36,41-42H,1-6H3/t21-,22-,23+,24+,29+,30?,31-,32-,33-,34-/m0/s1. The van der Waals surface area contributed by atoms with Crippen molar-refractivity contribution in [2.24, 2.45) is 11.8 Å². The lowest BCUT2D eigenvalue weighted by Gasteiger charge is -2.60. The minimum Gasteiger partial charge on any atom is -0.388 e. The van der Waals surface area contributed by atoms with Gasteiger partial charge in [-0.3, -0.25) is 29.0 Å². The first-order valence-electron chi connectivity index (χ1n) is 16.8. The number of nitrogens with one attached hydrogen (secondary N) is 2. The maximum absolute atomic E-state index is 15.2. The van der Waals surface area contributed by atoms with Gasteiger partial charge < -0.3 is 30.6 Å². The number of para-hydroxylation sites is 2. The van der Waals surface area contributed by atoms with Crippen molar-refractivity contribution >= 4 is 78.2 Å². The summed E-state index contributed by atoms with van der Waals surface area (Å²) in [5.74, 6) is -1.97. The Morgan fingerprint density at radius 3 is 1.32 bits per heavy atom. The third kappa shape index (κ3) is 2.67. The highest BCUT2D eigenvalue weighted by Gasteiger charge is 2.93. The molecule has 50 heavy (non-hydrogen) atoms. The summed E-state index contributed by atoms with van der Waals surface area (Å²) >= 11 is 0. The van der Waals surface area contributed by atoms with Gasteiger partial charge in [-0.05, 0) is 56.7 Å². The van der Waals surface area contributed by atoms with Crippen LogP contribution in [0.3, 0.4) is 0 Å². The van der Waals surface area contributed by atoms with Crippen molar-refractivity contribution in [2.45, 2.75) is 82.5 Å². The number of carbonyl (C=O) groups is 4. The Kier molecular flexibility index (Phi) is 5.90. The van der Waals surface area contributed by atoms with Gasteiger partial charge in [-0.15, -0.1) is 0 Å². The Morgan fingerprint density at radius 2 is 0.960 bits per heavy atom. The summed E-state index contributed by atoms with van der Waals surface area (Å²) < 4.78 is 0. The molecule has 10 heterocycles. The zero-order valence-electron chi connectivity index (χ0n) is 28.0. The van der Waals surface area contributed by atoms with Gasteiger partial charge in [0, 0.05) is 25.5 Å². The highest BCUT2D eigenvalue weighted by atomic mass is 33.1. The molecule has 0 aromatic heterocycles. The van der Waals surface area contributed by atoms with E-state index in [4.69, 9.17) is 0 Å². The van der Waals surface area contributed by atoms with Gasteiger partial charge in [-0.25, -0.2) is 0 Å². The van der Waals surface area contributed by atoms with Gasteiger partial charge in [0.05, 0.1) is 10.8 Å². The Balaban J connectivity index is 1.33. The number of piperazine rings is 2. The zero-order valence-corrected chi connectivity index (χ0v) is 31.3. The minimum atomic E-state index is -1.78. The van der Waals surface area contributed by atoms with Gasteiger partial charge in [-0.2, -0.15) is 0 Å². The molecule has 16 heteroatoms. The summed E-state index contributed by atoms with van der Waals surface area (Å²) in [6.07, 6.45) is -5.27. The van der Waals surface area contributed by atoms with Crippen LogP contribution in [0.4, 0.5) is 11.4 Å². The lowest BCUT2D eigenvalue weighted by molar-refractivity contribution is -0.169. The van der Waals surface area contributed by atoms with Crippen LogP contribution >= 0.6 is 43.2 Å². The smallest absolute Gasteiger partial charge is 0.264 e. The number of aliphatic hydroxyl groups excluding tert-OH is 2. The van der Waals surface area contributed by atoms with Gasteiger partial charge in [0.25, 0.3) is 23.6 Å². The molecule has 12 rings (SSSR count). The van der Waals surface area contributed by atoms with Crippen LogP contribution in [0.15, 0.2) is 48.5 Å². The lowest BCUT2D eigenvalue weighted by Crippen LogP contribution is -2.79. The van der Waals surface area contributed by atoms with Gasteiger partial charge in [0.2, 0.25) is 9.74 Å². The number of benzene rings is 2. The average molecular weight is 753 g/mol. The minimum absolute atomic E-state index is 0.276. The van der Waals surface area contributed by atoms with E-state index >= 15 is 9.59 Å². The third-order valence-electron chi connectivity index (χ3n) is 13.1. The molecule has 2 aromatic rings. The Morgan fingerprint density at radius 1 is 0.600 bits per heavy atom. The quantitative estimate of drug-likeness (QED) is 0.342. The Hall–Kier alpha value is -2.76. The molecule has 2 spiro atoms. The van der Waals surface area contributed by atoms with E-state index in [1.54, 1.807) is 23.9 Å². The molecule has 10 atom stereocenters. The molecule has 10 aliphatic rings. The van der Waals surface area contributed by atoms with E-state index in [0.29, 0.717) is 22.5 Å². The largest absolute Gasteiger partial charge is 0.388 e. The number of hydrogen-bond donors (Lipinski definition) is 4. The molecule has 0 saturated carbocycles. The SMILES string of the molecule is CC(C)[C@@]12SS[C@]3(C(=O)N1C)[C@@H](O)C1([C@@]45c6ccccc6N[C@@H]4N4C(=O)[C@]6(C(C)C)SS[C@]4(C(=O)N6C)[C@H]5O)c4ccccc4N[C@@H]1N3C2=O. The van der Waals surface area contributed by atoms with E-state index in [2.05, 4.69) is 10.6 Å². The molecule has 4 bridgehead atoms. The number of likely N-dealkylation sites (N-methyl/N-ethyl adjacent to an activating group) is 2. The molecule has 0 aliphatic carbocycles. The van der Waals surface area contributed by atoms with E-state index in [0.717, 1.165) is 0 Å². The number of carbonyl (C=O) groups excluding carboxylic acids is 4. The van der Waals surface area contributed by atoms with Crippen LogP contribution in [-0.2, 0) is 30.0 Å². The van der Waals surface area contributed by atoms with E-state index in [1.165, 1.54) is 53.0 Å². The van der Waals surface area contributed by atoms with E-state index in [9.17, 15) is 19.8 Å². The molecule has 0 radical (unpaired) electrons. The van der Waals surface area contributed by atoms with Crippen molar-refractivity contribution in [1.82, 2.24) is 19.6 Å². The second-order valence-corrected chi connectivity index (χ2v) is 20.4. The van der Waals surface area contributed by atoms with Crippen LogP contribution in [0, 0.1) is 11.8 Å². The maximum atomic E-state index is 15.2. The lowest BCUT2D eigenvalue weighted by atomic mass is 9.52. The fourth-order valence-corrected chi connectivity index (χ4v) is 19.4. The maximum Gasteiger partial charge on any atom is 0.264 e. The number of anilines is 2. The van der Waals surface area contributed by atoms with Crippen LogP contribution in [0.5, 0.6) is 0 Å². The van der Waals surface area contributed by atoms with Crippen LogP contribution in [0.25, 0.3) is 0 Å². The summed E-state index contributed by atoms with van der Waals surface area (Å²) in [6, 6.07) is 14.9. The molecule has 2 aromatic carbocycles. The van der Waals surface area contributed by atoms with Crippen LogP contribution in [-0.4, -0.2) is 112 Å². The van der Waals surface area contributed by atoms with Crippen molar-refractivity contribution in [1.29, 1.82) is 0 Å². The van der Waals surface area contributed by atoms with Crippen molar-refractivity contribution in [3.8, 4) is 0 Å². The number of fused-ring (bicyclic) bond motifs is 11. The van der Waals surface area contributed by atoms with E-state index in [1.807, 2.05) is 76.2 Å². The average Bonchev–Trinajstić information content (AvgIpc) is 3.74. The van der Waals surface area contributed by atoms with Crippen LogP contribution in [0.1, 0.15) is 38.8 Å². The van der Waals surface area contributed by atoms with Crippen molar-refractivity contribution in [3.63, 3.8) is 0 Å². The monoisotopic (exact) mass is 752 g/mol. The fraction of sp³-hybridized carbons (Fsp3) is 0.529. The molecular formula is C34H36N6O6S4. The first-order valence-corrected chi connectivity index (χ1v) is 21.1. The molecule has 8 saturated heterocycles. The summed E-state index contributed by atoms with van der Waals surface area (Å²) in [4.78, 5) is 60.2. The summed E-state index contributed by atoms with van der Waals surface area (Å²) in [6.45, 7) is 7.66. The molecule has 4 amide bonds. The molecule has 4 N–H and O–H groups in total. The number of hydrogen-bond acceptors (Lipinski definition) is 12. The number of amides is 4. The predicted octanol–water partition coefficient (Wildman–Crippen LogP) is 2.60. The Labute approximate surface area is 304 Å². The topological polar surface area (TPSA) is 146 Å². The van der Waals surface area contributed by atoms with Gasteiger partial charge in [0.15, 0.2) is 9.74 Å². The number of rotatable bonds is 3. The highest BCUT2D eigenvalue weighted by molar-refractivity contribution is 8.78. The fourth-order valence-electron chi connectivity index (χ4n) is 11.0. The molecule has 8 fully saturated rings. The zero-order chi connectivity index (χ0) is 35.3. The molecule has 1 unspecified atom stereocenters. The summed E-state index contributed by atoms with van der Waals surface area (Å²) in [7, 11) is 8.25.